The molecule has 1 aromatic carbocycles. The second kappa shape index (κ2) is 3.94. The van der Waals surface area contributed by atoms with Gasteiger partial charge < -0.3 is 5.11 Å². The van der Waals surface area contributed by atoms with Crippen molar-refractivity contribution in [1.82, 2.24) is 0 Å². The summed E-state index contributed by atoms with van der Waals surface area (Å²) in [6.45, 7) is 0. The van der Waals surface area contributed by atoms with Crippen LogP contribution in [-0.2, 0) is 15.1 Å². The fourth-order valence-corrected chi connectivity index (χ4v) is 2.14. The molecule has 1 N–H and O–H groups in total. The van der Waals surface area contributed by atoms with Crippen molar-refractivity contribution in [3.8, 4) is 0 Å². The third-order valence-electron chi connectivity index (χ3n) is 2.36. The van der Waals surface area contributed by atoms with Crippen LogP contribution in [-0.4, -0.2) is 24.2 Å². The summed E-state index contributed by atoms with van der Waals surface area (Å²) in [5.74, 6) is -0.799. The minimum absolute atomic E-state index is 0.0831. The summed E-state index contributed by atoms with van der Waals surface area (Å²) in [5, 5.41) is 9.67. The van der Waals surface area contributed by atoms with Crippen LogP contribution in [0.1, 0.15) is 12.0 Å². The highest BCUT2D eigenvalue weighted by molar-refractivity contribution is 7.73. The molecule has 0 fully saturated rings. The molecule has 16 heavy (non-hydrogen) atoms. The van der Waals surface area contributed by atoms with E-state index >= 15 is 0 Å². The van der Waals surface area contributed by atoms with Crippen LogP contribution in [0.3, 0.4) is 0 Å². The number of ketones is 1. The molecule has 0 unspecified atom stereocenters. The summed E-state index contributed by atoms with van der Waals surface area (Å²) in [6, 6.07) is 8.52. The highest BCUT2D eigenvalue weighted by atomic mass is 32.2. The molecule has 0 spiro atoms. The van der Waals surface area contributed by atoms with Crippen molar-refractivity contribution in [2.45, 2.75) is 6.42 Å². The molecule has 82 valence electrons. The Morgan fingerprint density at radius 2 is 1.75 bits per heavy atom. The van der Waals surface area contributed by atoms with Gasteiger partial charge in [0.1, 0.15) is 10.6 Å². The van der Waals surface area contributed by atoms with Crippen LogP contribution in [0.2, 0.25) is 0 Å². The second-order valence-corrected chi connectivity index (χ2v) is 4.31. The number of carbonyl (C=O) groups is 1. The molecule has 0 saturated carbocycles. The van der Waals surface area contributed by atoms with Crippen molar-refractivity contribution in [2.75, 3.05) is 0 Å². The van der Waals surface area contributed by atoms with Crippen LogP contribution >= 0.6 is 0 Å². The molecule has 0 atom stereocenters. The molecular formula is C11H8O4S. The van der Waals surface area contributed by atoms with E-state index in [1.165, 1.54) is 0 Å². The van der Waals surface area contributed by atoms with Crippen LogP contribution in [0.25, 0.3) is 5.57 Å². The molecule has 0 bridgehead atoms. The lowest BCUT2D eigenvalue weighted by atomic mass is 10.0. The molecule has 0 aromatic heterocycles. The van der Waals surface area contributed by atoms with E-state index in [1.54, 1.807) is 30.3 Å². The van der Waals surface area contributed by atoms with Gasteiger partial charge in [0.05, 0.1) is 12.0 Å². The van der Waals surface area contributed by atoms with Crippen LogP contribution < -0.4 is 0 Å². The minimum Gasteiger partial charge on any atom is -0.506 e. The summed E-state index contributed by atoms with van der Waals surface area (Å²) in [5.41, 5.74) is 0.616. The molecule has 1 aliphatic rings. The normalized spacial score (nSPS) is 15.8. The average Bonchev–Trinajstić information content (AvgIpc) is 2.56. The summed E-state index contributed by atoms with van der Waals surface area (Å²) in [4.78, 5) is 11.4. The Bertz CT molecular complexity index is 601. The topological polar surface area (TPSA) is 71.4 Å². The van der Waals surface area contributed by atoms with Crippen molar-refractivity contribution >= 4 is 26.5 Å². The number of carbonyl (C=O) groups excluding carboxylic acids is 1. The van der Waals surface area contributed by atoms with Crippen molar-refractivity contribution < 1.29 is 18.3 Å². The number of hydrogen-bond donors (Lipinski definition) is 1. The standard InChI is InChI=1S/C11H8O4S/c12-8-6-9(16(14)15)11(13)10(8)7-4-2-1-3-5-7/h1-5,13H,6H2. The van der Waals surface area contributed by atoms with Gasteiger partial charge in [0.15, 0.2) is 5.78 Å². The largest absolute Gasteiger partial charge is 0.506 e. The van der Waals surface area contributed by atoms with E-state index < -0.39 is 16.1 Å². The van der Waals surface area contributed by atoms with Gasteiger partial charge in [-0.2, -0.15) is 8.42 Å². The van der Waals surface area contributed by atoms with E-state index in [4.69, 9.17) is 0 Å². The van der Waals surface area contributed by atoms with Gasteiger partial charge in [0.25, 0.3) is 0 Å². The molecule has 0 heterocycles. The predicted molar refractivity (Wildman–Crippen MR) is 59.5 cm³/mol. The van der Waals surface area contributed by atoms with Gasteiger partial charge in [-0.1, -0.05) is 30.3 Å². The smallest absolute Gasteiger partial charge is 0.221 e. The van der Waals surface area contributed by atoms with Gasteiger partial charge in [0.2, 0.25) is 10.3 Å². The highest BCUT2D eigenvalue weighted by Gasteiger charge is 2.30. The number of aliphatic hydroxyl groups excluding tert-OH is 1. The first-order chi connectivity index (χ1) is 7.61. The van der Waals surface area contributed by atoms with Crippen molar-refractivity contribution in [1.29, 1.82) is 0 Å². The summed E-state index contributed by atoms with van der Waals surface area (Å²) in [7, 11) is -2.55. The minimum atomic E-state index is -2.55. The molecule has 5 heteroatoms. The Hall–Kier alpha value is -1.88. The van der Waals surface area contributed by atoms with Gasteiger partial charge in [-0.25, -0.2) is 0 Å². The van der Waals surface area contributed by atoms with E-state index in [2.05, 4.69) is 0 Å². The van der Waals surface area contributed by atoms with Crippen LogP contribution in [0, 0.1) is 0 Å². The third kappa shape index (κ3) is 1.65. The molecule has 1 aliphatic carbocycles. The first kappa shape index (κ1) is 10.6. The monoisotopic (exact) mass is 236 g/mol. The van der Waals surface area contributed by atoms with Crippen molar-refractivity contribution in [3.63, 3.8) is 0 Å². The summed E-state index contributed by atoms with van der Waals surface area (Å²) >= 11 is 0. The zero-order chi connectivity index (χ0) is 11.7. The highest BCUT2D eigenvalue weighted by Crippen LogP contribution is 2.27. The third-order valence-corrected chi connectivity index (χ3v) is 3.10. The Kier molecular flexibility index (Phi) is 2.62. The predicted octanol–water partition coefficient (Wildman–Crippen LogP) is 0.980. The molecule has 0 saturated heterocycles. The van der Waals surface area contributed by atoms with Gasteiger partial charge in [-0.05, 0) is 5.56 Å². The van der Waals surface area contributed by atoms with Crippen LogP contribution in [0.5, 0.6) is 0 Å². The van der Waals surface area contributed by atoms with Gasteiger partial charge >= 0.3 is 0 Å². The molecule has 1 aromatic rings. The number of hydrogen-bond acceptors (Lipinski definition) is 4. The number of benzene rings is 1. The first-order valence-corrected chi connectivity index (χ1v) is 5.66. The fraction of sp³-hybridized carbons (Fsp3) is 0.0909. The zero-order valence-electron chi connectivity index (χ0n) is 8.17. The zero-order valence-corrected chi connectivity index (χ0v) is 8.99. The second-order valence-electron chi connectivity index (χ2n) is 3.35. The molecular weight excluding hydrogens is 228 g/mol. The fourth-order valence-electron chi connectivity index (χ4n) is 1.63. The molecule has 2 rings (SSSR count). The molecule has 0 radical (unpaired) electrons. The van der Waals surface area contributed by atoms with Crippen LogP contribution in [0.15, 0.2) is 36.1 Å². The maximum absolute atomic E-state index is 11.6. The maximum atomic E-state index is 11.6. The number of aliphatic hydroxyl groups is 1. The number of allylic oxidation sites excluding steroid dienone is 2. The molecule has 0 aliphatic heterocycles. The summed E-state index contributed by atoms with van der Waals surface area (Å²) in [6.07, 6.45) is -0.258. The van der Waals surface area contributed by atoms with E-state index in [1.807, 2.05) is 0 Å². The summed E-state index contributed by atoms with van der Waals surface area (Å²) < 4.78 is 21.5. The lowest BCUT2D eigenvalue weighted by molar-refractivity contribution is -0.112. The number of Topliss-reactive ketones (excluding diaryl/α,β-unsaturated/α-hetero) is 1. The van der Waals surface area contributed by atoms with Gasteiger partial charge in [0, 0.05) is 0 Å². The molecule has 4 nitrogen and oxygen atoms in total. The SMILES string of the molecule is O=C1CC(=S(=O)=O)C(O)=C1c1ccccc1. The quantitative estimate of drug-likeness (QED) is 0.738. The molecule has 0 amide bonds. The Labute approximate surface area is 93.4 Å². The van der Waals surface area contributed by atoms with Crippen molar-refractivity contribution in [2.24, 2.45) is 0 Å². The Morgan fingerprint density at radius 3 is 2.25 bits per heavy atom. The lowest BCUT2D eigenvalue weighted by Crippen LogP contribution is -1.99. The van der Waals surface area contributed by atoms with E-state index in [9.17, 15) is 18.3 Å². The van der Waals surface area contributed by atoms with Gasteiger partial charge in [-0.15, -0.1) is 0 Å². The Morgan fingerprint density at radius 1 is 1.12 bits per heavy atom. The first-order valence-electron chi connectivity index (χ1n) is 4.58. The number of rotatable bonds is 1. The van der Waals surface area contributed by atoms with E-state index in [-0.39, 0.29) is 22.6 Å². The van der Waals surface area contributed by atoms with Gasteiger partial charge in [-0.3, -0.25) is 4.79 Å². The Balaban J connectivity index is 2.66. The average molecular weight is 236 g/mol. The van der Waals surface area contributed by atoms with E-state index in [0.717, 1.165) is 0 Å². The maximum Gasteiger partial charge on any atom is 0.221 e. The lowest BCUT2D eigenvalue weighted by Gasteiger charge is -1.99. The van der Waals surface area contributed by atoms with Crippen LogP contribution in [0.4, 0.5) is 0 Å². The van der Waals surface area contributed by atoms with Crippen molar-refractivity contribution in [3.05, 3.63) is 41.7 Å². The van der Waals surface area contributed by atoms with E-state index in [0.29, 0.717) is 5.56 Å².